The standard InChI is InChI=1S/C12H18O2/c1-3-8-7-9(4-2)14-11-6-5-10(13)12(8)11/h8-9H,3-7H2,1-2H3. The molecule has 0 aromatic heterocycles. The summed E-state index contributed by atoms with van der Waals surface area (Å²) in [6.45, 7) is 4.32. The molecule has 2 nitrogen and oxygen atoms in total. The minimum atomic E-state index is 0.335. The maximum atomic E-state index is 11.6. The van der Waals surface area contributed by atoms with Gasteiger partial charge in [-0.05, 0) is 25.2 Å². The molecule has 0 N–H and O–H groups in total. The predicted molar refractivity (Wildman–Crippen MR) is 54.8 cm³/mol. The third-order valence-corrected chi connectivity index (χ3v) is 3.39. The molecule has 0 spiro atoms. The van der Waals surface area contributed by atoms with Crippen LogP contribution in [0.25, 0.3) is 0 Å². The summed E-state index contributed by atoms with van der Waals surface area (Å²) in [7, 11) is 0. The molecule has 1 aliphatic carbocycles. The molecule has 1 heterocycles. The number of Topliss-reactive ketones (excluding diaryl/α,β-unsaturated/α-hetero) is 1. The normalized spacial score (nSPS) is 31.7. The Morgan fingerprint density at radius 2 is 2.07 bits per heavy atom. The summed E-state index contributed by atoms with van der Waals surface area (Å²) in [5.41, 5.74) is 1.03. The Kier molecular flexibility index (Phi) is 2.62. The second-order valence-electron chi connectivity index (χ2n) is 4.25. The number of rotatable bonds is 2. The largest absolute Gasteiger partial charge is 0.494 e. The van der Waals surface area contributed by atoms with E-state index < -0.39 is 0 Å². The van der Waals surface area contributed by atoms with Gasteiger partial charge in [-0.2, -0.15) is 0 Å². The molecule has 0 fully saturated rings. The molecule has 2 atom stereocenters. The van der Waals surface area contributed by atoms with E-state index in [0.717, 1.165) is 37.0 Å². The fourth-order valence-corrected chi connectivity index (χ4v) is 2.53. The van der Waals surface area contributed by atoms with E-state index in [0.29, 0.717) is 24.2 Å². The van der Waals surface area contributed by atoms with Crippen LogP contribution in [0.5, 0.6) is 0 Å². The lowest BCUT2D eigenvalue weighted by molar-refractivity contribution is -0.115. The summed E-state index contributed by atoms with van der Waals surface area (Å²) in [5.74, 6) is 1.82. The predicted octanol–water partition coefficient (Wildman–Crippen LogP) is 2.83. The molecule has 2 unspecified atom stereocenters. The summed E-state index contributed by atoms with van der Waals surface area (Å²) in [6, 6.07) is 0. The van der Waals surface area contributed by atoms with E-state index >= 15 is 0 Å². The van der Waals surface area contributed by atoms with E-state index in [4.69, 9.17) is 4.74 Å². The van der Waals surface area contributed by atoms with Gasteiger partial charge in [0, 0.05) is 18.4 Å². The molecule has 0 aromatic rings. The van der Waals surface area contributed by atoms with Crippen molar-refractivity contribution >= 4 is 5.78 Å². The molecule has 78 valence electrons. The molecule has 0 radical (unpaired) electrons. The summed E-state index contributed by atoms with van der Waals surface area (Å²) < 4.78 is 5.82. The van der Waals surface area contributed by atoms with Crippen molar-refractivity contribution in [3.05, 3.63) is 11.3 Å². The van der Waals surface area contributed by atoms with Crippen LogP contribution < -0.4 is 0 Å². The maximum Gasteiger partial charge on any atom is 0.162 e. The van der Waals surface area contributed by atoms with Crippen LogP contribution >= 0.6 is 0 Å². The SMILES string of the molecule is CCC1CC(CC)C2=C(CCC2=O)O1. The number of hydrogen-bond donors (Lipinski definition) is 0. The molecule has 0 saturated carbocycles. The Hall–Kier alpha value is -0.790. The zero-order chi connectivity index (χ0) is 10.1. The smallest absolute Gasteiger partial charge is 0.162 e. The number of ketones is 1. The average molecular weight is 194 g/mol. The first-order chi connectivity index (χ1) is 6.76. The van der Waals surface area contributed by atoms with Crippen molar-refractivity contribution in [2.75, 3.05) is 0 Å². The van der Waals surface area contributed by atoms with Crippen LogP contribution in [0.4, 0.5) is 0 Å². The average Bonchev–Trinajstić information content (AvgIpc) is 2.59. The van der Waals surface area contributed by atoms with Gasteiger partial charge in [-0.25, -0.2) is 0 Å². The summed E-state index contributed by atoms with van der Waals surface area (Å²) >= 11 is 0. The van der Waals surface area contributed by atoms with Gasteiger partial charge in [0.05, 0.1) is 6.10 Å². The molecule has 0 saturated heterocycles. The zero-order valence-electron chi connectivity index (χ0n) is 9.01. The molecule has 0 aromatic carbocycles. The van der Waals surface area contributed by atoms with Crippen molar-refractivity contribution in [3.63, 3.8) is 0 Å². The fourth-order valence-electron chi connectivity index (χ4n) is 2.53. The molecule has 2 aliphatic rings. The number of carbonyl (C=O) groups is 1. The van der Waals surface area contributed by atoms with Crippen molar-refractivity contribution in [3.8, 4) is 0 Å². The van der Waals surface area contributed by atoms with Gasteiger partial charge in [0.25, 0.3) is 0 Å². The van der Waals surface area contributed by atoms with Crippen LogP contribution in [0.3, 0.4) is 0 Å². The zero-order valence-corrected chi connectivity index (χ0v) is 9.01. The number of allylic oxidation sites excluding steroid dienone is 2. The first-order valence-electron chi connectivity index (χ1n) is 5.69. The van der Waals surface area contributed by atoms with Gasteiger partial charge in [0.1, 0.15) is 5.76 Å². The third kappa shape index (κ3) is 1.47. The van der Waals surface area contributed by atoms with Crippen molar-refractivity contribution in [1.29, 1.82) is 0 Å². The van der Waals surface area contributed by atoms with Crippen LogP contribution in [0.2, 0.25) is 0 Å². The van der Waals surface area contributed by atoms with Crippen LogP contribution in [0, 0.1) is 5.92 Å². The molecule has 14 heavy (non-hydrogen) atoms. The lowest BCUT2D eigenvalue weighted by atomic mass is 9.87. The van der Waals surface area contributed by atoms with Crippen molar-refractivity contribution in [1.82, 2.24) is 0 Å². The van der Waals surface area contributed by atoms with Crippen molar-refractivity contribution in [2.24, 2.45) is 5.92 Å². The Labute approximate surface area is 85.3 Å². The van der Waals surface area contributed by atoms with E-state index in [9.17, 15) is 4.79 Å². The number of ether oxygens (including phenoxy) is 1. The summed E-state index contributed by atoms with van der Waals surface area (Å²) in [5, 5.41) is 0. The lowest BCUT2D eigenvalue weighted by Gasteiger charge is -2.30. The van der Waals surface area contributed by atoms with Gasteiger partial charge in [0.15, 0.2) is 5.78 Å². The minimum Gasteiger partial charge on any atom is -0.494 e. The van der Waals surface area contributed by atoms with Crippen LogP contribution in [-0.2, 0) is 9.53 Å². The highest BCUT2D eigenvalue weighted by Gasteiger charge is 2.36. The van der Waals surface area contributed by atoms with Gasteiger partial charge in [-0.15, -0.1) is 0 Å². The van der Waals surface area contributed by atoms with E-state index in [1.54, 1.807) is 0 Å². The molecule has 0 amide bonds. The Balaban J connectivity index is 2.24. The van der Waals surface area contributed by atoms with E-state index in [-0.39, 0.29) is 0 Å². The topological polar surface area (TPSA) is 26.3 Å². The maximum absolute atomic E-state index is 11.6. The van der Waals surface area contributed by atoms with E-state index in [2.05, 4.69) is 13.8 Å². The lowest BCUT2D eigenvalue weighted by Crippen LogP contribution is -2.25. The van der Waals surface area contributed by atoms with Gasteiger partial charge < -0.3 is 4.74 Å². The van der Waals surface area contributed by atoms with E-state index in [1.165, 1.54) is 0 Å². The highest BCUT2D eigenvalue weighted by molar-refractivity contribution is 5.98. The van der Waals surface area contributed by atoms with Crippen LogP contribution in [-0.4, -0.2) is 11.9 Å². The second kappa shape index (κ2) is 3.76. The Morgan fingerprint density at radius 3 is 2.71 bits per heavy atom. The van der Waals surface area contributed by atoms with Gasteiger partial charge >= 0.3 is 0 Å². The highest BCUT2D eigenvalue weighted by atomic mass is 16.5. The molecule has 2 heteroatoms. The van der Waals surface area contributed by atoms with Crippen molar-refractivity contribution in [2.45, 2.75) is 52.1 Å². The third-order valence-electron chi connectivity index (χ3n) is 3.39. The van der Waals surface area contributed by atoms with Gasteiger partial charge in [-0.3, -0.25) is 4.79 Å². The molecule has 0 bridgehead atoms. The Bertz CT molecular complexity index is 278. The molecular weight excluding hydrogens is 176 g/mol. The van der Waals surface area contributed by atoms with Crippen molar-refractivity contribution < 1.29 is 9.53 Å². The molecule has 2 rings (SSSR count). The van der Waals surface area contributed by atoms with Crippen LogP contribution in [0.15, 0.2) is 11.3 Å². The number of carbonyl (C=O) groups excluding carboxylic acids is 1. The first-order valence-corrected chi connectivity index (χ1v) is 5.69. The quantitative estimate of drug-likeness (QED) is 0.675. The summed E-state index contributed by atoms with van der Waals surface area (Å²) in [6.07, 6.45) is 5.05. The fraction of sp³-hybridized carbons (Fsp3) is 0.750. The summed E-state index contributed by atoms with van der Waals surface area (Å²) in [4.78, 5) is 11.6. The molecule has 1 aliphatic heterocycles. The number of hydrogen-bond acceptors (Lipinski definition) is 2. The Morgan fingerprint density at radius 1 is 1.29 bits per heavy atom. The van der Waals surface area contributed by atoms with Gasteiger partial charge in [-0.1, -0.05) is 13.8 Å². The van der Waals surface area contributed by atoms with Gasteiger partial charge in [0.2, 0.25) is 0 Å². The second-order valence-corrected chi connectivity index (χ2v) is 4.25. The first kappa shape index (κ1) is 9.75. The van der Waals surface area contributed by atoms with Crippen LogP contribution in [0.1, 0.15) is 46.0 Å². The minimum absolute atomic E-state index is 0.335. The molecular formula is C12H18O2. The van der Waals surface area contributed by atoms with E-state index in [1.807, 2.05) is 0 Å². The highest BCUT2D eigenvalue weighted by Crippen LogP contribution is 2.39. The monoisotopic (exact) mass is 194 g/mol.